The van der Waals surface area contributed by atoms with Crippen LogP contribution in [0.3, 0.4) is 0 Å². The molecule has 178 valence electrons. The Kier molecular flexibility index (Phi) is 6.47. The lowest BCUT2D eigenvalue weighted by molar-refractivity contribution is 0.0951. The lowest BCUT2D eigenvalue weighted by Gasteiger charge is -2.16. The summed E-state index contributed by atoms with van der Waals surface area (Å²) in [5, 5.41) is 7.82. The molecule has 0 unspecified atom stereocenters. The van der Waals surface area contributed by atoms with E-state index in [2.05, 4.69) is 10.3 Å². The molecule has 1 amide bonds. The van der Waals surface area contributed by atoms with Crippen molar-refractivity contribution in [2.75, 3.05) is 19.6 Å². The van der Waals surface area contributed by atoms with Gasteiger partial charge in [0.05, 0.1) is 17.1 Å². The molecule has 3 aromatic rings. The molecular weight excluding hydrogens is 450 g/mol. The molecule has 2 aliphatic rings. The zero-order chi connectivity index (χ0) is 23.5. The Bertz CT molecular complexity index is 1260. The van der Waals surface area contributed by atoms with Crippen molar-refractivity contribution < 1.29 is 13.2 Å². The molecule has 1 aliphatic carbocycles. The van der Waals surface area contributed by atoms with E-state index in [-0.39, 0.29) is 10.8 Å². The van der Waals surface area contributed by atoms with Crippen molar-refractivity contribution in [3.05, 3.63) is 65.6 Å². The van der Waals surface area contributed by atoms with Crippen LogP contribution in [0.5, 0.6) is 0 Å². The molecule has 0 bridgehead atoms. The third kappa shape index (κ3) is 4.50. The van der Waals surface area contributed by atoms with Crippen molar-refractivity contribution in [3.63, 3.8) is 0 Å². The number of rotatable bonds is 7. The standard InChI is InChI=1S/C25H29N5O3S/c31-25(20-7-9-21(10-8-20)34(32,33)29-16-3-4-17-29)27-15-18-30-23-6-2-1-5-22(23)24(28-30)19-11-13-26-14-12-19/h7-14H,1-6,15-18H2,(H,27,31). The summed E-state index contributed by atoms with van der Waals surface area (Å²) in [6.45, 7) is 2.15. The van der Waals surface area contributed by atoms with Gasteiger partial charge in [-0.25, -0.2) is 8.42 Å². The fourth-order valence-electron chi connectivity index (χ4n) is 4.83. The topological polar surface area (TPSA) is 97.2 Å². The number of sulfonamides is 1. The van der Waals surface area contributed by atoms with Gasteiger partial charge in [0.2, 0.25) is 10.0 Å². The number of amides is 1. The van der Waals surface area contributed by atoms with Crippen LogP contribution in [0.2, 0.25) is 0 Å². The fourth-order valence-corrected chi connectivity index (χ4v) is 6.35. The van der Waals surface area contributed by atoms with Crippen molar-refractivity contribution in [1.82, 2.24) is 24.4 Å². The van der Waals surface area contributed by atoms with Crippen molar-refractivity contribution >= 4 is 15.9 Å². The summed E-state index contributed by atoms with van der Waals surface area (Å²) in [5.41, 5.74) is 5.08. The number of fused-ring (bicyclic) bond motifs is 1. The summed E-state index contributed by atoms with van der Waals surface area (Å²) in [6, 6.07) is 10.2. The Morgan fingerprint density at radius 2 is 1.65 bits per heavy atom. The van der Waals surface area contributed by atoms with Crippen LogP contribution in [0, 0.1) is 0 Å². The largest absolute Gasteiger partial charge is 0.350 e. The summed E-state index contributed by atoms with van der Waals surface area (Å²) in [7, 11) is -3.48. The van der Waals surface area contributed by atoms with Gasteiger partial charge >= 0.3 is 0 Å². The number of hydrogen-bond donors (Lipinski definition) is 1. The number of hydrogen-bond acceptors (Lipinski definition) is 5. The summed E-state index contributed by atoms with van der Waals surface area (Å²) in [4.78, 5) is 17.0. The normalized spacial score (nSPS) is 16.4. The summed E-state index contributed by atoms with van der Waals surface area (Å²) in [6.07, 6.45) is 9.67. The molecule has 0 saturated carbocycles. The maximum atomic E-state index is 12.7. The van der Waals surface area contributed by atoms with Crippen molar-refractivity contribution in [2.24, 2.45) is 0 Å². The third-order valence-electron chi connectivity index (χ3n) is 6.64. The molecule has 1 N–H and O–H groups in total. The lowest BCUT2D eigenvalue weighted by Crippen LogP contribution is -2.29. The van der Waals surface area contributed by atoms with Crippen LogP contribution in [0.25, 0.3) is 11.3 Å². The predicted molar refractivity (Wildman–Crippen MR) is 129 cm³/mol. The summed E-state index contributed by atoms with van der Waals surface area (Å²) >= 11 is 0. The molecule has 1 aromatic carbocycles. The van der Waals surface area contributed by atoms with Gasteiger partial charge in [0.25, 0.3) is 5.91 Å². The van der Waals surface area contributed by atoms with E-state index in [1.54, 1.807) is 24.5 Å². The number of carbonyl (C=O) groups is 1. The Labute approximate surface area is 200 Å². The number of benzene rings is 1. The zero-order valence-electron chi connectivity index (χ0n) is 19.1. The van der Waals surface area contributed by atoms with Gasteiger partial charge in [0.15, 0.2) is 0 Å². The highest BCUT2D eigenvalue weighted by atomic mass is 32.2. The van der Waals surface area contributed by atoms with Gasteiger partial charge in [-0.1, -0.05) is 0 Å². The van der Waals surface area contributed by atoms with Gasteiger partial charge in [-0.3, -0.25) is 14.5 Å². The number of nitrogens with one attached hydrogen (secondary N) is 1. The van der Waals surface area contributed by atoms with E-state index < -0.39 is 10.0 Å². The number of carbonyl (C=O) groups excluding carboxylic acids is 1. The molecule has 1 saturated heterocycles. The van der Waals surface area contributed by atoms with E-state index in [0.29, 0.717) is 31.7 Å². The first-order valence-electron chi connectivity index (χ1n) is 11.9. The summed E-state index contributed by atoms with van der Waals surface area (Å²) < 4.78 is 28.9. The molecule has 34 heavy (non-hydrogen) atoms. The second-order valence-corrected chi connectivity index (χ2v) is 10.8. The van der Waals surface area contributed by atoms with E-state index >= 15 is 0 Å². The van der Waals surface area contributed by atoms with Crippen LogP contribution in [0.4, 0.5) is 0 Å². The quantitative estimate of drug-likeness (QED) is 0.562. The molecule has 0 spiro atoms. The van der Waals surface area contributed by atoms with Crippen LogP contribution in [-0.2, 0) is 29.4 Å². The van der Waals surface area contributed by atoms with Crippen molar-refractivity contribution in [3.8, 4) is 11.3 Å². The number of pyridine rings is 1. The number of nitrogens with zero attached hydrogens (tertiary/aromatic N) is 4. The average molecular weight is 480 g/mol. The highest BCUT2D eigenvalue weighted by molar-refractivity contribution is 7.89. The number of aromatic nitrogens is 3. The molecule has 3 heterocycles. The van der Waals surface area contributed by atoms with Gasteiger partial charge in [0.1, 0.15) is 0 Å². The maximum absolute atomic E-state index is 12.7. The highest BCUT2D eigenvalue weighted by Gasteiger charge is 2.27. The minimum Gasteiger partial charge on any atom is -0.350 e. The Balaban J connectivity index is 1.24. The van der Waals surface area contributed by atoms with Crippen LogP contribution < -0.4 is 5.32 Å². The van der Waals surface area contributed by atoms with Gasteiger partial charge in [-0.15, -0.1) is 0 Å². The molecule has 8 nitrogen and oxygen atoms in total. The molecule has 9 heteroatoms. The first-order valence-corrected chi connectivity index (χ1v) is 13.4. The Morgan fingerprint density at radius 1 is 0.941 bits per heavy atom. The summed E-state index contributed by atoms with van der Waals surface area (Å²) in [5.74, 6) is -0.222. The van der Waals surface area contributed by atoms with Crippen LogP contribution >= 0.6 is 0 Å². The SMILES string of the molecule is O=C(NCCn1nc(-c2ccncc2)c2c1CCCC2)c1ccc(S(=O)(=O)N2CCCC2)cc1. The Hall–Kier alpha value is -3.04. The highest BCUT2D eigenvalue weighted by Crippen LogP contribution is 2.31. The molecule has 1 fully saturated rings. The van der Waals surface area contributed by atoms with Gasteiger partial charge < -0.3 is 5.32 Å². The Morgan fingerprint density at radius 3 is 2.38 bits per heavy atom. The van der Waals surface area contributed by atoms with E-state index in [1.165, 1.54) is 27.7 Å². The molecule has 0 radical (unpaired) electrons. The van der Waals surface area contributed by atoms with E-state index in [0.717, 1.165) is 49.8 Å². The first kappa shape index (κ1) is 22.7. The van der Waals surface area contributed by atoms with E-state index in [9.17, 15) is 13.2 Å². The van der Waals surface area contributed by atoms with Gasteiger partial charge in [0, 0.05) is 54.4 Å². The fraction of sp³-hybridized carbons (Fsp3) is 0.400. The van der Waals surface area contributed by atoms with E-state index in [1.807, 2.05) is 16.8 Å². The second kappa shape index (κ2) is 9.68. The average Bonchev–Trinajstić information content (AvgIpc) is 3.54. The molecule has 2 aromatic heterocycles. The smallest absolute Gasteiger partial charge is 0.251 e. The van der Waals surface area contributed by atoms with Crippen molar-refractivity contribution in [2.45, 2.75) is 50.0 Å². The van der Waals surface area contributed by atoms with Crippen LogP contribution in [0.15, 0.2) is 53.7 Å². The lowest BCUT2D eigenvalue weighted by atomic mass is 9.94. The molecule has 5 rings (SSSR count). The van der Waals surface area contributed by atoms with E-state index in [4.69, 9.17) is 5.10 Å². The monoisotopic (exact) mass is 479 g/mol. The van der Waals surface area contributed by atoms with Crippen LogP contribution in [0.1, 0.15) is 47.3 Å². The zero-order valence-corrected chi connectivity index (χ0v) is 19.9. The van der Waals surface area contributed by atoms with Gasteiger partial charge in [-0.2, -0.15) is 9.40 Å². The molecular formula is C25H29N5O3S. The predicted octanol–water partition coefficient (Wildman–Crippen LogP) is 3.04. The minimum atomic E-state index is -3.48. The maximum Gasteiger partial charge on any atom is 0.251 e. The minimum absolute atomic E-state index is 0.222. The molecule has 1 aliphatic heterocycles. The molecule has 0 atom stereocenters. The van der Waals surface area contributed by atoms with Crippen molar-refractivity contribution in [1.29, 1.82) is 0 Å². The third-order valence-corrected chi connectivity index (χ3v) is 8.55. The van der Waals surface area contributed by atoms with Crippen LogP contribution in [-0.4, -0.2) is 53.0 Å². The first-order chi connectivity index (χ1) is 16.5. The van der Waals surface area contributed by atoms with Gasteiger partial charge in [-0.05, 0) is 74.9 Å². The second-order valence-electron chi connectivity index (χ2n) is 8.83.